The van der Waals surface area contributed by atoms with Crippen molar-refractivity contribution >= 4 is 32.2 Å². The van der Waals surface area contributed by atoms with Crippen LogP contribution in [0.3, 0.4) is 0 Å². The SMILES string of the molecule is CCS(=O)CCNc1cc(N)cc(S(N)(=O)=O)c1. The van der Waals surface area contributed by atoms with Gasteiger partial charge in [0.05, 0.1) is 4.90 Å². The monoisotopic (exact) mass is 291 g/mol. The molecule has 5 N–H and O–H groups in total. The predicted octanol–water partition coefficient (Wildman–Crippen LogP) is 0.0967. The smallest absolute Gasteiger partial charge is 0.238 e. The highest BCUT2D eigenvalue weighted by atomic mass is 32.2. The summed E-state index contributed by atoms with van der Waals surface area (Å²) < 4.78 is 33.6. The zero-order valence-corrected chi connectivity index (χ0v) is 11.7. The van der Waals surface area contributed by atoms with Crippen LogP contribution in [0, 0.1) is 0 Å². The summed E-state index contributed by atoms with van der Waals surface area (Å²) in [4.78, 5) is -0.0402. The molecule has 0 saturated heterocycles. The van der Waals surface area contributed by atoms with E-state index in [0.29, 0.717) is 29.4 Å². The Bertz CT molecular complexity index is 543. The zero-order chi connectivity index (χ0) is 13.8. The summed E-state index contributed by atoms with van der Waals surface area (Å²) in [5.74, 6) is 1.09. The van der Waals surface area contributed by atoms with Crippen LogP contribution in [0.4, 0.5) is 11.4 Å². The molecule has 102 valence electrons. The number of nitrogens with one attached hydrogen (secondary N) is 1. The topological polar surface area (TPSA) is 115 Å². The van der Waals surface area contributed by atoms with Gasteiger partial charge in [-0.05, 0) is 18.2 Å². The summed E-state index contributed by atoms with van der Waals surface area (Å²) in [6, 6.07) is 4.30. The largest absolute Gasteiger partial charge is 0.399 e. The summed E-state index contributed by atoms with van der Waals surface area (Å²) in [5, 5.41) is 8.00. The van der Waals surface area contributed by atoms with Crippen molar-refractivity contribution in [3.63, 3.8) is 0 Å². The third-order valence-corrected chi connectivity index (χ3v) is 4.43. The van der Waals surface area contributed by atoms with Crippen molar-refractivity contribution in [1.82, 2.24) is 0 Å². The molecule has 1 unspecified atom stereocenters. The Balaban J connectivity index is 2.78. The minimum Gasteiger partial charge on any atom is -0.399 e. The molecule has 1 aromatic carbocycles. The lowest BCUT2D eigenvalue weighted by molar-refractivity contribution is 0.598. The molecule has 1 atom stereocenters. The van der Waals surface area contributed by atoms with Gasteiger partial charge in [-0.15, -0.1) is 0 Å². The highest BCUT2D eigenvalue weighted by Crippen LogP contribution is 2.19. The van der Waals surface area contributed by atoms with Gasteiger partial charge in [-0.2, -0.15) is 0 Å². The Morgan fingerprint density at radius 1 is 1.33 bits per heavy atom. The van der Waals surface area contributed by atoms with Crippen LogP contribution in [-0.4, -0.2) is 30.7 Å². The van der Waals surface area contributed by atoms with Gasteiger partial charge in [0.2, 0.25) is 10.0 Å². The lowest BCUT2D eigenvalue weighted by Crippen LogP contribution is -2.15. The molecule has 0 spiro atoms. The Kier molecular flexibility index (Phi) is 5.12. The van der Waals surface area contributed by atoms with Crippen LogP contribution < -0.4 is 16.2 Å². The number of hydrogen-bond donors (Lipinski definition) is 3. The Hall–Kier alpha value is -1.12. The van der Waals surface area contributed by atoms with Gasteiger partial charge in [0, 0.05) is 40.2 Å². The minimum atomic E-state index is -3.77. The lowest BCUT2D eigenvalue weighted by atomic mass is 10.3. The van der Waals surface area contributed by atoms with E-state index in [4.69, 9.17) is 10.9 Å². The molecular formula is C10H17N3O3S2. The van der Waals surface area contributed by atoms with E-state index in [0.717, 1.165) is 0 Å². The molecule has 0 saturated carbocycles. The standard InChI is InChI=1S/C10H17N3O3S2/c1-2-17(14)4-3-13-9-5-8(11)6-10(7-9)18(12,15)16/h5-7,13H,2-4,11H2,1H3,(H2,12,15,16). The predicted molar refractivity (Wildman–Crippen MR) is 74.3 cm³/mol. The minimum absolute atomic E-state index is 0.0402. The molecule has 18 heavy (non-hydrogen) atoms. The Morgan fingerprint density at radius 2 is 2.00 bits per heavy atom. The lowest BCUT2D eigenvalue weighted by Gasteiger charge is -2.08. The number of nitrogen functional groups attached to an aromatic ring is 1. The van der Waals surface area contributed by atoms with E-state index in [1.54, 1.807) is 6.07 Å². The van der Waals surface area contributed by atoms with Crippen molar-refractivity contribution in [3.8, 4) is 0 Å². The van der Waals surface area contributed by atoms with Crippen LogP contribution in [0.2, 0.25) is 0 Å². The third-order valence-electron chi connectivity index (χ3n) is 2.24. The van der Waals surface area contributed by atoms with Crippen molar-refractivity contribution in [2.24, 2.45) is 5.14 Å². The molecule has 1 aromatic rings. The molecule has 0 aromatic heterocycles. The summed E-state index contributed by atoms with van der Waals surface area (Å²) in [5.41, 5.74) is 6.45. The van der Waals surface area contributed by atoms with E-state index in [1.165, 1.54) is 12.1 Å². The second-order valence-corrected chi connectivity index (χ2v) is 7.12. The molecular weight excluding hydrogens is 274 g/mol. The Labute approximate surface area is 109 Å². The second-order valence-electron chi connectivity index (χ2n) is 3.70. The fraction of sp³-hybridized carbons (Fsp3) is 0.400. The number of nitrogens with two attached hydrogens (primary N) is 2. The van der Waals surface area contributed by atoms with E-state index in [-0.39, 0.29) is 4.90 Å². The van der Waals surface area contributed by atoms with Gasteiger partial charge in [0.25, 0.3) is 0 Å². The summed E-state index contributed by atoms with van der Waals surface area (Å²) >= 11 is 0. The van der Waals surface area contributed by atoms with Crippen LogP contribution in [0.15, 0.2) is 23.1 Å². The number of anilines is 2. The normalized spacial score (nSPS) is 13.2. The van der Waals surface area contributed by atoms with E-state index >= 15 is 0 Å². The van der Waals surface area contributed by atoms with Gasteiger partial charge in [0.1, 0.15) is 0 Å². The maximum absolute atomic E-state index is 11.2. The van der Waals surface area contributed by atoms with Gasteiger partial charge in [-0.25, -0.2) is 13.6 Å². The molecule has 0 aliphatic heterocycles. The molecule has 0 amide bonds. The van der Waals surface area contributed by atoms with Gasteiger partial charge in [-0.3, -0.25) is 4.21 Å². The molecule has 6 nitrogen and oxygen atoms in total. The first kappa shape index (κ1) is 14.9. The molecule has 0 bridgehead atoms. The number of benzene rings is 1. The highest BCUT2D eigenvalue weighted by Gasteiger charge is 2.09. The quantitative estimate of drug-likeness (QED) is 0.643. The van der Waals surface area contributed by atoms with Crippen molar-refractivity contribution in [2.75, 3.05) is 29.1 Å². The first-order valence-electron chi connectivity index (χ1n) is 5.35. The van der Waals surface area contributed by atoms with Crippen molar-refractivity contribution in [1.29, 1.82) is 0 Å². The molecule has 0 aliphatic carbocycles. The van der Waals surface area contributed by atoms with Crippen LogP contribution in [0.25, 0.3) is 0 Å². The number of rotatable bonds is 6. The van der Waals surface area contributed by atoms with Crippen LogP contribution in [0.5, 0.6) is 0 Å². The van der Waals surface area contributed by atoms with Crippen molar-refractivity contribution < 1.29 is 12.6 Å². The van der Waals surface area contributed by atoms with E-state index < -0.39 is 20.8 Å². The van der Waals surface area contributed by atoms with Gasteiger partial charge >= 0.3 is 0 Å². The van der Waals surface area contributed by atoms with E-state index in [9.17, 15) is 12.6 Å². The van der Waals surface area contributed by atoms with Crippen LogP contribution in [-0.2, 0) is 20.8 Å². The number of sulfonamides is 1. The van der Waals surface area contributed by atoms with Crippen LogP contribution >= 0.6 is 0 Å². The molecule has 0 aliphatic rings. The van der Waals surface area contributed by atoms with Crippen molar-refractivity contribution in [2.45, 2.75) is 11.8 Å². The first-order valence-corrected chi connectivity index (χ1v) is 8.38. The third kappa shape index (κ3) is 4.63. The second kappa shape index (κ2) is 6.17. The van der Waals surface area contributed by atoms with Crippen LogP contribution in [0.1, 0.15) is 6.92 Å². The maximum atomic E-state index is 11.2. The fourth-order valence-corrected chi connectivity index (χ4v) is 2.55. The first-order chi connectivity index (χ1) is 8.32. The molecule has 0 heterocycles. The number of hydrogen-bond acceptors (Lipinski definition) is 5. The van der Waals surface area contributed by atoms with Gasteiger partial charge in [-0.1, -0.05) is 6.92 Å². The zero-order valence-electron chi connectivity index (χ0n) is 10.0. The number of primary sulfonamides is 1. The van der Waals surface area contributed by atoms with Gasteiger partial charge in [0.15, 0.2) is 0 Å². The van der Waals surface area contributed by atoms with Crippen molar-refractivity contribution in [3.05, 3.63) is 18.2 Å². The highest BCUT2D eigenvalue weighted by molar-refractivity contribution is 7.89. The molecule has 1 rings (SSSR count). The molecule has 0 fully saturated rings. The average Bonchev–Trinajstić information content (AvgIpc) is 2.27. The molecule has 0 radical (unpaired) electrons. The Morgan fingerprint density at radius 3 is 2.56 bits per heavy atom. The summed E-state index contributed by atoms with van der Waals surface area (Å²) in [7, 11) is -4.64. The summed E-state index contributed by atoms with van der Waals surface area (Å²) in [6.07, 6.45) is 0. The average molecular weight is 291 g/mol. The maximum Gasteiger partial charge on any atom is 0.238 e. The van der Waals surface area contributed by atoms with E-state index in [1.807, 2.05) is 6.92 Å². The van der Waals surface area contributed by atoms with E-state index in [2.05, 4.69) is 5.32 Å². The fourth-order valence-electron chi connectivity index (χ4n) is 1.34. The molecule has 8 heteroatoms. The van der Waals surface area contributed by atoms with Gasteiger partial charge < -0.3 is 11.1 Å². The summed E-state index contributed by atoms with van der Waals surface area (Å²) in [6.45, 7) is 2.32.